The van der Waals surface area contributed by atoms with Crippen molar-refractivity contribution in [3.63, 3.8) is 0 Å². The Hall–Kier alpha value is -0.610. The van der Waals surface area contributed by atoms with Crippen molar-refractivity contribution in [1.29, 1.82) is 0 Å². The maximum atomic E-state index is 11.2. The first-order valence-electron chi connectivity index (χ1n) is 11.4. The molecule has 4 aliphatic rings. The van der Waals surface area contributed by atoms with Gasteiger partial charge in [-0.3, -0.25) is 4.79 Å². The summed E-state index contributed by atoms with van der Waals surface area (Å²) in [6, 6.07) is 0. The highest BCUT2D eigenvalue weighted by Gasteiger charge is 2.59. The average Bonchev–Trinajstić information content (AvgIpc) is 3.07. The van der Waals surface area contributed by atoms with E-state index in [0.29, 0.717) is 40.9 Å². The van der Waals surface area contributed by atoms with Crippen LogP contribution in [0.25, 0.3) is 0 Å². The summed E-state index contributed by atoms with van der Waals surface area (Å²) < 4.78 is 0. The fraction of sp³-hybridized carbons (Fsp3) is 0.957. The molecular weight excluding hydrogens is 340 g/mol. The Labute approximate surface area is 163 Å². The number of hydrogen-bond acceptors (Lipinski definition) is 3. The standard InChI is InChI=1S/C23H38O4/c1-13(3-8-21(26)27)16-6-7-18-17-5-4-14-11-15(24)9-10-23(14,2)19(17)12-20(25)22(16)18/h13-20,22,24-25H,3-12H2,1-2H3,(H,26,27). The van der Waals surface area contributed by atoms with E-state index in [9.17, 15) is 15.0 Å². The van der Waals surface area contributed by atoms with Crippen molar-refractivity contribution in [2.75, 3.05) is 0 Å². The molecule has 154 valence electrons. The van der Waals surface area contributed by atoms with Gasteiger partial charge in [0.15, 0.2) is 0 Å². The highest BCUT2D eigenvalue weighted by molar-refractivity contribution is 5.66. The number of fused-ring (bicyclic) bond motifs is 5. The molecule has 0 heterocycles. The maximum Gasteiger partial charge on any atom is 0.303 e. The van der Waals surface area contributed by atoms with Gasteiger partial charge in [-0.15, -0.1) is 0 Å². The van der Waals surface area contributed by atoms with Crippen LogP contribution in [0.4, 0.5) is 0 Å². The molecule has 4 fully saturated rings. The fourth-order valence-corrected chi connectivity index (χ4v) is 8.18. The van der Waals surface area contributed by atoms with Gasteiger partial charge in [-0.05, 0) is 105 Å². The lowest BCUT2D eigenvalue weighted by Crippen LogP contribution is -2.55. The fourth-order valence-electron chi connectivity index (χ4n) is 8.18. The monoisotopic (exact) mass is 378 g/mol. The van der Waals surface area contributed by atoms with Gasteiger partial charge in [-0.1, -0.05) is 13.8 Å². The van der Waals surface area contributed by atoms with Crippen molar-refractivity contribution in [1.82, 2.24) is 0 Å². The Kier molecular flexibility index (Phi) is 5.35. The second-order valence-corrected chi connectivity index (χ2v) is 10.7. The molecule has 0 aromatic carbocycles. The van der Waals surface area contributed by atoms with Crippen LogP contribution in [0.3, 0.4) is 0 Å². The summed E-state index contributed by atoms with van der Waals surface area (Å²) in [4.78, 5) is 11.0. The molecule has 0 bridgehead atoms. The van der Waals surface area contributed by atoms with Crippen LogP contribution in [0.5, 0.6) is 0 Å². The number of aliphatic hydroxyl groups is 2. The minimum Gasteiger partial charge on any atom is -0.481 e. The van der Waals surface area contributed by atoms with Crippen molar-refractivity contribution in [2.45, 2.75) is 90.3 Å². The molecule has 3 N–H and O–H groups in total. The topological polar surface area (TPSA) is 77.8 Å². The summed E-state index contributed by atoms with van der Waals surface area (Å²) in [7, 11) is 0. The van der Waals surface area contributed by atoms with Gasteiger partial charge in [-0.2, -0.15) is 0 Å². The lowest BCUT2D eigenvalue weighted by atomic mass is 9.46. The van der Waals surface area contributed by atoms with Gasteiger partial charge in [0.25, 0.3) is 0 Å². The molecule has 0 spiro atoms. The van der Waals surface area contributed by atoms with Crippen molar-refractivity contribution in [3.8, 4) is 0 Å². The molecule has 0 aromatic heterocycles. The SMILES string of the molecule is CC(CCC(=O)O)C1CCC2C3CCC4CC(O)CCC4(C)C3CC(O)C12. The number of aliphatic hydroxyl groups excluding tert-OH is 2. The third kappa shape index (κ3) is 3.35. The van der Waals surface area contributed by atoms with Gasteiger partial charge < -0.3 is 15.3 Å². The second-order valence-electron chi connectivity index (χ2n) is 10.7. The number of rotatable bonds is 4. The molecule has 4 saturated carbocycles. The predicted octanol–water partition coefficient (Wildman–Crippen LogP) is 4.09. The molecular formula is C23H38O4. The molecule has 0 saturated heterocycles. The number of carboxylic acid groups (broad SMARTS) is 1. The summed E-state index contributed by atoms with van der Waals surface area (Å²) in [5.74, 6) is 3.14. The van der Waals surface area contributed by atoms with Crippen LogP contribution < -0.4 is 0 Å². The molecule has 0 amide bonds. The van der Waals surface area contributed by atoms with Crippen molar-refractivity contribution in [3.05, 3.63) is 0 Å². The van der Waals surface area contributed by atoms with E-state index < -0.39 is 5.97 Å². The molecule has 27 heavy (non-hydrogen) atoms. The average molecular weight is 379 g/mol. The van der Waals surface area contributed by atoms with E-state index in [4.69, 9.17) is 5.11 Å². The zero-order valence-corrected chi connectivity index (χ0v) is 17.0. The van der Waals surface area contributed by atoms with E-state index in [0.717, 1.165) is 44.4 Å². The van der Waals surface area contributed by atoms with E-state index in [1.54, 1.807) is 0 Å². The molecule has 0 radical (unpaired) electrons. The normalized spacial score (nSPS) is 50.4. The number of hydrogen-bond donors (Lipinski definition) is 3. The van der Waals surface area contributed by atoms with Crippen LogP contribution in [0, 0.1) is 46.8 Å². The summed E-state index contributed by atoms with van der Waals surface area (Å²) in [6.07, 6.45) is 9.46. The second kappa shape index (κ2) is 7.33. The van der Waals surface area contributed by atoms with Gasteiger partial charge in [0, 0.05) is 6.42 Å². The van der Waals surface area contributed by atoms with Crippen LogP contribution in [0.15, 0.2) is 0 Å². The third-order valence-corrected chi connectivity index (χ3v) is 9.57. The smallest absolute Gasteiger partial charge is 0.303 e. The van der Waals surface area contributed by atoms with E-state index in [2.05, 4.69) is 13.8 Å². The van der Waals surface area contributed by atoms with Crippen LogP contribution in [-0.4, -0.2) is 33.5 Å². The van der Waals surface area contributed by atoms with E-state index in [1.807, 2.05) is 0 Å². The number of aliphatic carboxylic acids is 1. The zero-order valence-electron chi connectivity index (χ0n) is 17.0. The Morgan fingerprint density at radius 1 is 1.07 bits per heavy atom. The molecule has 10 atom stereocenters. The zero-order chi connectivity index (χ0) is 19.3. The minimum absolute atomic E-state index is 0.119. The van der Waals surface area contributed by atoms with Crippen LogP contribution >= 0.6 is 0 Å². The molecule has 10 unspecified atom stereocenters. The summed E-state index contributed by atoms with van der Waals surface area (Å²) in [5, 5.41) is 30.4. The first-order chi connectivity index (χ1) is 12.8. The van der Waals surface area contributed by atoms with Crippen LogP contribution in [-0.2, 0) is 4.79 Å². The van der Waals surface area contributed by atoms with Crippen LogP contribution in [0.1, 0.15) is 78.1 Å². The van der Waals surface area contributed by atoms with Gasteiger partial charge in [0.05, 0.1) is 12.2 Å². The molecule has 0 aromatic rings. The van der Waals surface area contributed by atoms with Crippen molar-refractivity contribution >= 4 is 5.97 Å². The van der Waals surface area contributed by atoms with Gasteiger partial charge in [-0.25, -0.2) is 0 Å². The highest BCUT2D eigenvalue weighted by Crippen LogP contribution is 2.64. The molecule has 4 heteroatoms. The summed E-state index contributed by atoms with van der Waals surface area (Å²) in [6.45, 7) is 4.66. The van der Waals surface area contributed by atoms with Gasteiger partial charge in [0.2, 0.25) is 0 Å². The minimum atomic E-state index is -0.702. The molecule has 4 aliphatic carbocycles. The van der Waals surface area contributed by atoms with Gasteiger partial charge >= 0.3 is 5.97 Å². The van der Waals surface area contributed by atoms with Gasteiger partial charge in [0.1, 0.15) is 0 Å². The Balaban J connectivity index is 1.51. The first-order valence-corrected chi connectivity index (χ1v) is 11.4. The quantitative estimate of drug-likeness (QED) is 0.688. The number of carbonyl (C=O) groups is 1. The molecule has 4 rings (SSSR count). The number of carboxylic acids is 1. The van der Waals surface area contributed by atoms with E-state index in [1.165, 1.54) is 19.3 Å². The van der Waals surface area contributed by atoms with E-state index >= 15 is 0 Å². The highest BCUT2D eigenvalue weighted by atomic mass is 16.4. The van der Waals surface area contributed by atoms with Crippen LogP contribution in [0.2, 0.25) is 0 Å². The Morgan fingerprint density at radius 2 is 1.81 bits per heavy atom. The molecule has 0 aliphatic heterocycles. The lowest BCUT2D eigenvalue weighted by molar-refractivity contribution is -0.143. The van der Waals surface area contributed by atoms with E-state index in [-0.39, 0.29) is 18.6 Å². The predicted molar refractivity (Wildman–Crippen MR) is 104 cm³/mol. The van der Waals surface area contributed by atoms with Crippen molar-refractivity contribution < 1.29 is 20.1 Å². The third-order valence-electron chi connectivity index (χ3n) is 9.57. The lowest BCUT2D eigenvalue weighted by Gasteiger charge is -2.59. The Bertz CT molecular complexity index is 563. The summed E-state index contributed by atoms with van der Waals surface area (Å²) >= 11 is 0. The molecule has 4 nitrogen and oxygen atoms in total. The first kappa shape index (κ1) is 19.7. The maximum absolute atomic E-state index is 11.2. The van der Waals surface area contributed by atoms with Crippen molar-refractivity contribution in [2.24, 2.45) is 46.8 Å². The Morgan fingerprint density at radius 3 is 2.56 bits per heavy atom. The summed E-state index contributed by atoms with van der Waals surface area (Å²) in [5.41, 5.74) is 0.293. The largest absolute Gasteiger partial charge is 0.481 e.